The zero-order valence-corrected chi connectivity index (χ0v) is 43.3. The maximum absolute atomic E-state index is 14.4. The van der Waals surface area contributed by atoms with Gasteiger partial charge in [-0.25, -0.2) is 0 Å². The Hall–Kier alpha value is -1.83. The highest BCUT2D eigenvalue weighted by Gasteiger charge is 2.71. The molecule has 2 bridgehead atoms. The molecule has 0 amide bonds. The van der Waals surface area contributed by atoms with Crippen molar-refractivity contribution in [2.24, 2.45) is 28.1 Å². The minimum Gasteiger partial charge on any atom is -0.432 e. The van der Waals surface area contributed by atoms with Crippen molar-refractivity contribution in [3.05, 3.63) is 12.2 Å². The summed E-state index contributed by atoms with van der Waals surface area (Å²) in [6.07, 6.45) is -42.2. The van der Waals surface area contributed by atoms with Crippen LogP contribution in [0.5, 0.6) is 0 Å². The van der Waals surface area contributed by atoms with Gasteiger partial charge in [0.2, 0.25) is 6.29 Å². The second kappa shape index (κ2) is 22.6. The molecule has 1 spiro atoms. The Kier molecular flexibility index (Phi) is 17.6. The highest BCUT2D eigenvalue weighted by Crippen LogP contribution is 2.74. The summed E-state index contributed by atoms with van der Waals surface area (Å²) in [4.78, 5) is 14.4. The van der Waals surface area contributed by atoms with Gasteiger partial charge < -0.3 is 135 Å². The summed E-state index contributed by atoms with van der Waals surface area (Å²) in [5.74, 6) is -1.02. The smallest absolute Gasteiger partial charge is 0.314 e. The van der Waals surface area contributed by atoms with Gasteiger partial charge in [-0.2, -0.15) is 0 Å². The number of aliphatic hydroxyl groups excluding tert-OH is 17. The SMILES string of the molecule is C=C1C[C@]23CC[C@H]4C(C)(C(=O)O[C@@H]5O[C@H](CO)[C@@H](O)[C@H](O)[C@H]5O)CCC[C@]4(C)[C@H]2CC[C@]1(O[C@@H]1O[C@H](CO)[C@@H](O)[C@H](O[C@@H]2O[C@H](CO)[C@@H](O)[C@H](O)[C@H]2O)[C@H]1O[C@@H]1O[C@H](CO)[C@@H](O)[C@@](O)([C@@H]2O[C@H](CO)[C@@H](O)[C@H](O)[C@H]2O)[C@H]1O)C3. The molecule has 28 heteroatoms. The summed E-state index contributed by atoms with van der Waals surface area (Å²) < 4.78 is 54.3. The second-order valence-electron chi connectivity index (χ2n) is 23.9. The average molecular weight is 1130 g/mol. The first kappa shape index (κ1) is 60.8. The van der Waals surface area contributed by atoms with Crippen molar-refractivity contribution < 1.29 is 139 Å². The quantitative estimate of drug-likeness (QED) is 0.0436. The first-order chi connectivity index (χ1) is 36.8. The van der Waals surface area contributed by atoms with Gasteiger partial charge in [0.1, 0.15) is 122 Å². The predicted molar refractivity (Wildman–Crippen MR) is 252 cm³/mol. The molecule has 78 heavy (non-hydrogen) atoms. The van der Waals surface area contributed by atoms with E-state index in [9.17, 15) is 96.7 Å². The van der Waals surface area contributed by atoms with Crippen molar-refractivity contribution in [1.82, 2.24) is 0 Å². The molecule has 31 atom stereocenters. The van der Waals surface area contributed by atoms with Crippen LogP contribution in [0.25, 0.3) is 0 Å². The Bertz CT molecular complexity index is 2110. The van der Waals surface area contributed by atoms with Gasteiger partial charge in [-0.1, -0.05) is 19.9 Å². The Morgan fingerprint density at radius 2 is 1.04 bits per heavy atom. The van der Waals surface area contributed by atoms with Gasteiger partial charge in [-0.3, -0.25) is 4.79 Å². The molecule has 5 aliphatic heterocycles. The molecule has 9 fully saturated rings. The van der Waals surface area contributed by atoms with Gasteiger partial charge in [0, 0.05) is 0 Å². The average Bonchev–Trinajstić information content (AvgIpc) is 3.66. The third kappa shape index (κ3) is 9.72. The van der Waals surface area contributed by atoms with Crippen LogP contribution >= 0.6 is 0 Å². The van der Waals surface area contributed by atoms with E-state index >= 15 is 0 Å². The first-order valence-electron chi connectivity index (χ1n) is 26.8. The third-order valence-electron chi connectivity index (χ3n) is 19.6. The van der Waals surface area contributed by atoms with E-state index in [1.807, 2.05) is 0 Å². The number of fused-ring (bicyclic) bond motifs is 3. The lowest BCUT2D eigenvalue weighted by Gasteiger charge is -2.64. The summed E-state index contributed by atoms with van der Waals surface area (Å²) in [6.45, 7) is 3.81. The number of hydrogen-bond acceptors (Lipinski definition) is 28. The van der Waals surface area contributed by atoms with Crippen LogP contribution in [0.2, 0.25) is 0 Å². The summed E-state index contributed by atoms with van der Waals surface area (Å²) in [6, 6.07) is 0. The van der Waals surface area contributed by atoms with E-state index in [-0.39, 0.29) is 18.3 Å². The number of ether oxygens (including phenoxy) is 9. The fraction of sp³-hybridized carbons (Fsp3) is 0.940. The van der Waals surface area contributed by atoms with Gasteiger partial charge in [-0.05, 0) is 86.5 Å². The van der Waals surface area contributed by atoms with Crippen LogP contribution in [-0.2, 0) is 47.4 Å². The summed E-state index contributed by atoms with van der Waals surface area (Å²) in [7, 11) is 0. The van der Waals surface area contributed by atoms with Crippen LogP contribution in [0, 0.1) is 28.1 Å². The molecular formula is C50H80O28. The van der Waals surface area contributed by atoms with Gasteiger partial charge in [-0.15, -0.1) is 0 Å². The number of hydrogen-bond donors (Lipinski definition) is 18. The van der Waals surface area contributed by atoms with Gasteiger partial charge in [0.05, 0.1) is 44.1 Å². The maximum atomic E-state index is 14.4. The van der Waals surface area contributed by atoms with E-state index in [0.29, 0.717) is 56.9 Å². The van der Waals surface area contributed by atoms with Crippen molar-refractivity contribution >= 4 is 5.97 Å². The van der Waals surface area contributed by atoms with Crippen molar-refractivity contribution in [1.29, 1.82) is 0 Å². The monoisotopic (exact) mass is 1130 g/mol. The molecule has 5 saturated heterocycles. The Morgan fingerprint density at radius 1 is 0.538 bits per heavy atom. The fourth-order valence-electron chi connectivity index (χ4n) is 15.4. The largest absolute Gasteiger partial charge is 0.432 e. The van der Waals surface area contributed by atoms with Crippen LogP contribution in [0.1, 0.15) is 71.6 Å². The molecule has 18 N–H and O–H groups in total. The summed E-state index contributed by atoms with van der Waals surface area (Å²) >= 11 is 0. The summed E-state index contributed by atoms with van der Waals surface area (Å²) in [5, 5.41) is 195. The van der Waals surface area contributed by atoms with E-state index < -0.39 is 214 Å². The van der Waals surface area contributed by atoms with Crippen molar-refractivity contribution in [2.45, 2.75) is 230 Å². The second-order valence-corrected chi connectivity index (χ2v) is 23.9. The Labute approximate surface area is 447 Å². The number of rotatable bonds is 14. The molecule has 5 heterocycles. The van der Waals surface area contributed by atoms with Crippen molar-refractivity contribution in [2.75, 3.05) is 33.0 Å². The van der Waals surface area contributed by atoms with E-state index in [0.717, 1.165) is 0 Å². The fourth-order valence-corrected chi connectivity index (χ4v) is 15.4. The standard InChI is InChI=1S/C50H80O28/c1-18-11-48-9-5-24-46(2,7-4-8-47(24,3)45(68)77-42-35(65)32(62)28(58)21(14-53)72-42)25(48)6-10-49(18,17-48)78-43-37(36(29(59)22(15-54)73-43)75-41-34(64)31(61)27(57)20(13-52)71-41)76-44-39(67)50(69,38(66)23(16-55)74-44)40-33(63)30(60)26(56)19(12-51)70-40/h19-44,51-67,69H,1,4-17H2,2-3H3/t19-,20-,21-,22-,23-,24-,25-,26-,27-,28-,29-,30+,31+,32+,33-,34-,35-,36+,37-,38-,39+,40-,41+,42+,43+,44+,46+,47?,48+,49+,50+/m1/s1. The van der Waals surface area contributed by atoms with E-state index in [1.54, 1.807) is 6.92 Å². The third-order valence-corrected chi connectivity index (χ3v) is 19.6. The molecule has 9 aliphatic rings. The lowest BCUT2D eigenvalue weighted by Crippen LogP contribution is -2.78. The Morgan fingerprint density at radius 3 is 1.64 bits per heavy atom. The zero-order chi connectivity index (χ0) is 56.9. The lowest BCUT2D eigenvalue weighted by atomic mass is 9.41. The predicted octanol–water partition coefficient (Wildman–Crippen LogP) is -7.90. The highest BCUT2D eigenvalue weighted by molar-refractivity contribution is 5.77. The summed E-state index contributed by atoms with van der Waals surface area (Å²) in [5.41, 5.74) is -6.05. The van der Waals surface area contributed by atoms with Gasteiger partial charge in [0.25, 0.3) is 0 Å². The van der Waals surface area contributed by atoms with Crippen LogP contribution in [0.4, 0.5) is 0 Å². The molecule has 1 unspecified atom stereocenters. The molecule has 0 aromatic carbocycles. The molecular weight excluding hydrogens is 1050 g/mol. The van der Waals surface area contributed by atoms with Gasteiger partial charge >= 0.3 is 5.97 Å². The van der Waals surface area contributed by atoms with Crippen molar-refractivity contribution in [3.8, 4) is 0 Å². The van der Waals surface area contributed by atoms with Crippen LogP contribution in [0.3, 0.4) is 0 Å². The van der Waals surface area contributed by atoms with Crippen LogP contribution in [-0.4, -0.2) is 289 Å². The lowest BCUT2D eigenvalue weighted by molar-refractivity contribution is -0.415. The normalized spacial score (nSPS) is 55.5. The van der Waals surface area contributed by atoms with E-state index in [1.165, 1.54) is 0 Å². The van der Waals surface area contributed by atoms with E-state index in [2.05, 4.69) is 13.5 Å². The zero-order valence-electron chi connectivity index (χ0n) is 43.3. The molecule has 4 saturated carbocycles. The molecule has 9 rings (SSSR count). The van der Waals surface area contributed by atoms with Crippen molar-refractivity contribution in [3.63, 3.8) is 0 Å². The molecule has 0 radical (unpaired) electrons. The van der Waals surface area contributed by atoms with Crippen LogP contribution in [0.15, 0.2) is 12.2 Å². The van der Waals surface area contributed by atoms with Gasteiger partial charge in [0.15, 0.2) is 24.5 Å². The van der Waals surface area contributed by atoms with E-state index in [4.69, 9.17) is 42.6 Å². The molecule has 0 aromatic heterocycles. The number of carbonyl (C=O) groups is 1. The highest BCUT2D eigenvalue weighted by atomic mass is 16.8. The molecule has 4 aliphatic carbocycles. The first-order valence-corrected chi connectivity index (χ1v) is 26.8. The minimum absolute atomic E-state index is 0.0688. The van der Waals surface area contributed by atoms with Crippen LogP contribution < -0.4 is 0 Å². The maximum Gasteiger partial charge on any atom is 0.314 e. The number of esters is 1. The molecule has 448 valence electrons. The Balaban J connectivity index is 1.03. The topological polar surface area (TPSA) is 464 Å². The molecule has 28 nitrogen and oxygen atoms in total. The number of carbonyl (C=O) groups excluding carboxylic acids is 1. The number of aliphatic hydroxyl groups is 18. The molecule has 0 aromatic rings. The minimum atomic E-state index is -3.19.